The van der Waals surface area contributed by atoms with Crippen molar-refractivity contribution in [3.8, 4) is 6.07 Å². The summed E-state index contributed by atoms with van der Waals surface area (Å²) in [4.78, 5) is 12.0. The Morgan fingerprint density at radius 3 is 3.00 bits per heavy atom. The molecule has 0 aromatic heterocycles. The highest BCUT2D eigenvalue weighted by Gasteiger charge is 2.55. The van der Waals surface area contributed by atoms with Gasteiger partial charge in [-0.3, -0.25) is 4.79 Å². The van der Waals surface area contributed by atoms with Crippen LogP contribution in [0.2, 0.25) is 0 Å². The molecule has 4 heteroatoms. The lowest BCUT2D eigenvalue weighted by molar-refractivity contribution is -0.123. The highest BCUT2D eigenvalue weighted by Crippen LogP contribution is 2.44. The van der Waals surface area contributed by atoms with Crippen LogP contribution in [-0.4, -0.2) is 19.0 Å². The van der Waals surface area contributed by atoms with Crippen LogP contribution in [-0.2, 0) is 10.2 Å². The van der Waals surface area contributed by atoms with E-state index < -0.39 is 5.41 Å². The van der Waals surface area contributed by atoms with Gasteiger partial charge in [0.1, 0.15) is 5.41 Å². The SMILES string of the molecule is N#CC1CNC(=O)C12CNc1ccccc12. The van der Waals surface area contributed by atoms with Crippen LogP contribution in [0.3, 0.4) is 0 Å². The molecule has 2 atom stereocenters. The summed E-state index contributed by atoms with van der Waals surface area (Å²) in [5.74, 6) is -0.312. The van der Waals surface area contributed by atoms with Gasteiger partial charge in [0.25, 0.3) is 0 Å². The van der Waals surface area contributed by atoms with Crippen LogP contribution in [0.4, 0.5) is 5.69 Å². The van der Waals surface area contributed by atoms with E-state index in [1.54, 1.807) is 0 Å². The lowest BCUT2D eigenvalue weighted by Crippen LogP contribution is -2.41. The van der Waals surface area contributed by atoms with Crippen molar-refractivity contribution in [1.82, 2.24) is 5.32 Å². The predicted molar refractivity (Wildman–Crippen MR) is 58.7 cm³/mol. The lowest BCUT2D eigenvalue weighted by Gasteiger charge is -2.23. The summed E-state index contributed by atoms with van der Waals surface area (Å²) in [6.45, 7) is 0.974. The maximum Gasteiger partial charge on any atom is 0.234 e. The van der Waals surface area contributed by atoms with Gasteiger partial charge < -0.3 is 10.6 Å². The van der Waals surface area contributed by atoms with Crippen molar-refractivity contribution < 1.29 is 4.79 Å². The predicted octanol–water partition coefficient (Wildman–Crippen LogP) is 0.619. The van der Waals surface area contributed by atoms with Crippen molar-refractivity contribution in [2.45, 2.75) is 5.41 Å². The first-order valence-electron chi connectivity index (χ1n) is 5.30. The third-order valence-electron chi connectivity index (χ3n) is 3.59. The fourth-order valence-electron chi connectivity index (χ4n) is 2.71. The quantitative estimate of drug-likeness (QED) is 0.664. The highest BCUT2D eigenvalue weighted by atomic mass is 16.2. The number of nitriles is 1. The number of rotatable bonds is 0. The van der Waals surface area contributed by atoms with Crippen LogP contribution < -0.4 is 10.6 Å². The Hall–Kier alpha value is -2.02. The van der Waals surface area contributed by atoms with E-state index in [0.29, 0.717) is 13.1 Å². The number of fused-ring (bicyclic) bond motifs is 2. The average molecular weight is 213 g/mol. The first-order chi connectivity index (χ1) is 7.79. The van der Waals surface area contributed by atoms with Crippen LogP contribution >= 0.6 is 0 Å². The first kappa shape index (κ1) is 9.22. The molecule has 2 heterocycles. The van der Waals surface area contributed by atoms with Crippen molar-refractivity contribution in [3.05, 3.63) is 29.8 Å². The molecule has 2 aliphatic rings. The van der Waals surface area contributed by atoms with Crippen LogP contribution in [0.1, 0.15) is 5.56 Å². The standard InChI is InChI=1S/C12H11N3O/c13-5-8-6-14-11(16)12(8)7-15-10-4-2-1-3-9(10)12/h1-4,8,15H,6-7H2,(H,14,16). The van der Waals surface area contributed by atoms with Gasteiger partial charge in [0.15, 0.2) is 0 Å². The zero-order valence-electron chi connectivity index (χ0n) is 8.66. The molecule has 1 aromatic rings. The summed E-state index contributed by atoms with van der Waals surface area (Å²) in [7, 11) is 0. The Morgan fingerprint density at radius 2 is 2.19 bits per heavy atom. The number of hydrogen-bond acceptors (Lipinski definition) is 3. The van der Waals surface area contributed by atoms with Crippen LogP contribution in [0.15, 0.2) is 24.3 Å². The van der Waals surface area contributed by atoms with Crippen LogP contribution in [0.5, 0.6) is 0 Å². The van der Waals surface area contributed by atoms with Crippen molar-refractivity contribution in [3.63, 3.8) is 0 Å². The minimum absolute atomic E-state index is 0.0310. The number of anilines is 1. The fraction of sp³-hybridized carbons (Fsp3) is 0.333. The van der Waals surface area contributed by atoms with E-state index in [9.17, 15) is 4.79 Å². The molecule has 0 bridgehead atoms. The maximum absolute atomic E-state index is 12.0. The monoisotopic (exact) mass is 213 g/mol. The summed E-state index contributed by atoms with van der Waals surface area (Å²) in [5, 5.41) is 15.2. The van der Waals surface area contributed by atoms with Gasteiger partial charge in [0.05, 0.1) is 12.0 Å². The van der Waals surface area contributed by atoms with Crippen LogP contribution in [0, 0.1) is 17.2 Å². The Labute approximate surface area is 93.3 Å². The Balaban J connectivity index is 2.20. The zero-order valence-corrected chi connectivity index (χ0v) is 8.66. The van der Waals surface area contributed by atoms with Crippen LogP contribution in [0.25, 0.3) is 0 Å². The number of carbonyl (C=O) groups excluding carboxylic acids is 1. The van der Waals surface area contributed by atoms with Gasteiger partial charge in [-0.25, -0.2) is 0 Å². The lowest BCUT2D eigenvalue weighted by atomic mass is 9.74. The number of benzene rings is 1. The largest absolute Gasteiger partial charge is 0.383 e. The smallest absolute Gasteiger partial charge is 0.234 e. The maximum atomic E-state index is 12.0. The van der Waals surface area contributed by atoms with Crippen molar-refractivity contribution in [1.29, 1.82) is 5.26 Å². The molecule has 1 fully saturated rings. The van der Waals surface area contributed by atoms with Crippen molar-refractivity contribution in [2.24, 2.45) is 5.92 Å². The minimum atomic E-state index is -0.675. The molecule has 2 aliphatic heterocycles. The van der Waals surface area contributed by atoms with Gasteiger partial charge in [-0.1, -0.05) is 18.2 Å². The molecule has 1 spiro atoms. The average Bonchev–Trinajstić information content (AvgIpc) is 2.85. The van der Waals surface area contributed by atoms with E-state index >= 15 is 0 Å². The molecule has 0 radical (unpaired) electrons. The molecular weight excluding hydrogens is 202 g/mol. The first-order valence-corrected chi connectivity index (χ1v) is 5.30. The van der Waals surface area contributed by atoms with E-state index in [1.807, 2.05) is 24.3 Å². The van der Waals surface area contributed by atoms with Gasteiger partial charge >= 0.3 is 0 Å². The molecule has 0 saturated carbocycles. The number of hydrogen-bond donors (Lipinski definition) is 2. The van der Waals surface area contributed by atoms with E-state index in [0.717, 1.165) is 11.3 Å². The van der Waals surface area contributed by atoms with Crippen molar-refractivity contribution in [2.75, 3.05) is 18.4 Å². The molecule has 2 unspecified atom stereocenters. The summed E-state index contributed by atoms with van der Waals surface area (Å²) < 4.78 is 0. The van der Waals surface area contributed by atoms with E-state index in [-0.39, 0.29) is 11.8 Å². The highest BCUT2D eigenvalue weighted by molar-refractivity contribution is 5.95. The number of carbonyl (C=O) groups is 1. The number of para-hydroxylation sites is 1. The third kappa shape index (κ3) is 0.904. The third-order valence-corrected chi connectivity index (χ3v) is 3.59. The topological polar surface area (TPSA) is 64.9 Å². The normalized spacial score (nSPS) is 30.7. The minimum Gasteiger partial charge on any atom is -0.383 e. The molecule has 1 aromatic carbocycles. The van der Waals surface area contributed by atoms with E-state index in [2.05, 4.69) is 16.7 Å². The number of nitrogens with zero attached hydrogens (tertiary/aromatic N) is 1. The molecule has 4 nitrogen and oxygen atoms in total. The number of nitrogens with one attached hydrogen (secondary N) is 2. The molecule has 1 saturated heterocycles. The Morgan fingerprint density at radius 1 is 1.38 bits per heavy atom. The second-order valence-corrected chi connectivity index (χ2v) is 4.26. The van der Waals surface area contributed by atoms with Crippen molar-refractivity contribution >= 4 is 11.6 Å². The van der Waals surface area contributed by atoms with Gasteiger partial charge in [-0.05, 0) is 11.6 Å². The molecule has 2 N–H and O–H groups in total. The Kier molecular flexibility index (Phi) is 1.72. The summed E-state index contributed by atoms with van der Waals surface area (Å²) >= 11 is 0. The van der Waals surface area contributed by atoms with Gasteiger partial charge in [0.2, 0.25) is 5.91 Å². The summed E-state index contributed by atoms with van der Waals surface area (Å²) in [6, 6.07) is 9.97. The molecule has 0 aliphatic carbocycles. The summed E-state index contributed by atoms with van der Waals surface area (Å²) in [6.07, 6.45) is 0. The molecule has 16 heavy (non-hydrogen) atoms. The van der Waals surface area contributed by atoms with E-state index in [4.69, 9.17) is 5.26 Å². The summed E-state index contributed by atoms with van der Waals surface area (Å²) in [5.41, 5.74) is 1.25. The number of amides is 1. The van der Waals surface area contributed by atoms with Gasteiger partial charge in [-0.2, -0.15) is 5.26 Å². The van der Waals surface area contributed by atoms with E-state index in [1.165, 1.54) is 0 Å². The van der Waals surface area contributed by atoms with Gasteiger partial charge in [-0.15, -0.1) is 0 Å². The zero-order chi connectivity index (χ0) is 11.2. The Bertz CT molecular complexity index is 505. The molecule has 1 amide bonds. The second-order valence-electron chi connectivity index (χ2n) is 4.26. The molecule has 80 valence electrons. The molecular formula is C12H11N3O. The second kappa shape index (κ2) is 2.99. The molecule has 3 rings (SSSR count). The van der Waals surface area contributed by atoms with Gasteiger partial charge in [0, 0.05) is 18.8 Å². The fourth-order valence-corrected chi connectivity index (χ4v) is 2.71.